The molecule has 0 fully saturated rings. The van der Waals surface area contributed by atoms with Crippen LogP contribution < -0.4 is 5.32 Å². The first kappa shape index (κ1) is 13.6. The second kappa shape index (κ2) is 5.21. The van der Waals surface area contributed by atoms with E-state index < -0.39 is 5.97 Å². The van der Waals surface area contributed by atoms with Crippen LogP contribution in [0.15, 0.2) is 30.5 Å². The first-order valence-electron chi connectivity index (χ1n) is 6.56. The Labute approximate surface area is 125 Å². The Hall–Kier alpha value is -2.34. The Kier molecular flexibility index (Phi) is 3.39. The number of pyridine rings is 1. The minimum Gasteiger partial charge on any atom is -0.476 e. The largest absolute Gasteiger partial charge is 0.476 e. The van der Waals surface area contributed by atoms with Crippen LogP contribution in [-0.4, -0.2) is 20.5 Å². The van der Waals surface area contributed by atoms with Crippen molar-refractivity contribution in [3.63, 3.8) is 0 Å². The van der Waals surface area contributed by atoms with Gasteiger partial charge in [-0.05, 0) is 37.6 Å². The summed E-state index contributed by atoms with van der Waals surface area (Å²) in [6.07, 6.45) is 1.70. The van der Waals surface area contributed by atoms with E-state index in [4.69, 9.17) is 0 Å². The Morgan fingerprint density at radius 2 is 2.24 bits per heavy atom. The summed E-state index contributed by atoms with van der Waals surface area (Å²) in [6, 6.07) is 7.53. The number of nitrogens with one attached hydrogen (secondary N) is 1. The molecule has 0 aromatic carbocycles. The molecule has 21 heavy (non-hydrogen) atoms. The molecule has 0 saturated heterocycles. The fourth-order valence-corrected chi connectivity index (χ4v) is 3.22. The number of carboxylic acids is 1. The van der Waals surface area contributed by atoms with Gasteiger partial charge in [-0.3, -0.25) is 4.40 Å². The maximum absolute atomic E-state index is 11.5. The number of anilines is 1. The average molecular weight is 301 g/mol. The minimum absolute atomic E-state index is 0.163. The van der Waals surface area contributed by atoms with Gasteiger partial charge in [0, 0.05) is 16.0 Å². The van der Waals surface area contributed by atoms with Crippen LogP contribution in [0.2, 0.25) is 0 Å². The number of aryl methyl sites for hydroxylation is 2. The number of hydrogen-bond donors (Lipinski definition) is 2. The smallest absolute Gasteiger partial charge is 0.356 e. The Bertz CT molecular complexity index is 800. The van der Waals surface area contributed by atoms with Crippen molar-refractivity contribution in [1.82, 2.24) is 9.38 Å². The molecule has 108 valence electrons. The highest BCUT2D eigenvalue weighted by Crippen LogP contribution is 2.23. The van der Waals surface area contributed by atoms with Crippen LogP contribution in [0, 0.1) is 13.8 Å². The Morgan fingerprint density at radius 3 is 2.90 bits per heavy atom. The molecule has 0 unspecified atom stereocenters. The highest BCUT2D eigenvalue weighted by atomic mass is 32.1. The highest BCUT2D eigenvalue weighted by molar-refractivity contribution is 7.12. The van der Waals surface area contributed by atoms with Crippen molar-refractivity contribution < 1.29 is 9.90 Å². The lowest BCUT2D eigenvalue weighted by Gasteiger charge is -2.02. The van der Waals surface area contributed by atoms with Crippen LogP contribution in [0.1, 0.15) is 25.8 Å². The second-order valence-electron chi connectivity index (χ2n) is 4.85. The molecule has 0 aliphatic carbocycles. The third-order valence-electron chi connectivity index (χ3n) is 3.38. The maximum atomic E-state index is 11.5. The third-order valence-corrected chi connectivity index (χ3v) is 4.53. The van der Waals surface area contributed by atoms with E-state index in [0.717, 1.165) is 0 Å². The summed E-state index contributed by atoms with van der Waals surface area (Å²) in [4.78, 5) is 18.3. The molecule has 3 rings (SSSR count). The lowest BCUT2D eigenvalue weighted by atomic mass is 10.3. The number of imidazole rings is 1. The summed E-state index contributed by atoms with van der Waals surface area (Å²) in [6.45, 7) is 4.73. The predicted molar refractivity (Wildman–Crippen MR) is 83.3 cm³/mol. The average Bonchev–Trinajstić information content (AvgIpc) is 2.97. The van der Waals surface area contributed by atoms with Gasteiger partial charge in [-0.1, -0.05) is 6.07 Å². The van der Waals surface area contributed by atoms with Gasteiger partial charge in [0.1, 0.15) is 5.65 Å². The lowest BCUT2D eigenvalue weighted by Crippen LogP contribution is -2.07. The van der Waals surface area contributed by atoms with Crippen LogP contribution in [0.25, 0.3) is 5.65 Å². The lowest BCUT2D eigenvalue weighted by molar-refractivity contribution is 0.0690. The monoisotopic (exact) mass is 301 g/mol. The summed E-state index contributed by atoms with van der Waals surface area (Å²) in [7, 11) is 0. The molecule has 0 atom stereocenters. The van der Waals surface area contributed by atoms with E-state index >= 15 is 0 Å². The van der Waals surface area contributed by atoms with Crippen molar-refractivity contribution in [2.24, 2.45) is 0 Å². The molecule has 0 aliphatic heterocycles. The molecule has 2 N–H and O–H groups in total. The van der Waals surface area contributed by atoms with E-state index in [1.807, 2.05) is 6.07 Å². The molecule has 6 heteroatoms. The van der Waals surface area contributed by atoms with Crippen LogP contribution in [0.5, 0.6) is 0 Å². The molecule has 0 radical (unpaired) electrons. The van der Waals surface area contributed by atoms with Gasteiger partial charge in [0.05, 0.1) is 6.54 Å². The number of hydrogen-bond acceptors (Lipinski definition) is 4. The molecule has 3 aromatic heterocycles. The minimum atomic E-state index is -0.991. The summed E-state index contributed by atoms with van der Waals surface area (Å²) >= 11 is 1.71. The Morgan fingerprint density at radius 1 is 1.43 bits per heavy atom. The van der Waals surface area contributed by atoms with Gasteiger partial charge in [0.25, 0.3) is 0 Å². The van der Waals surface area contributed by atoms with Crippen molar-refractivity contribution in [2.45, 2.75) is 20.4 Å². The molecule has 3 heterocycles. The number of thiophene rings is 1. The quantitative estimate of drug-likeness (QED) is 0.775. The van der Waals surface area contributed by atoms with Gasteiger partial charge >= 0.3 is 5.97 Å². The van der Waals surface area contributed by atoms with Crippen LogP contribution in [0.4, 0.5) is 5.82 Å². The van der Waals surface area contributed by atoms with Gasteiger partial charge in [-0.25, -0.2) is 9.78 Å². The first-order chi connectivity index (χ1) is 10.1. The van der Waals surface area contributed by atoms with Crippen molar-refractivity contribution in [1.29, 1.82) is 0 Å². The van der Waals surface area contributed by atoms with Crippen LogP contribution in [-0.2, 0) is 6.54 Å². The molecule has 0 spiro atoms. The number of carboxylic acid groups (broad SMARTS) is 1. The molecule has 0 bridgehead atoms. The van der Waals surface area contributed by atoms with Gasteiger partial charge in [0.15, 0.2) is 11.5 Å². The normalized spacial score (nSPS) is 11.0. The first-order valence-corrected chi connectivity index (χ1v) is 7.38. The zero-order chi connectivity index (χ0) is 15.0. The molecular weight excluding hydrogens is 286 g/mol. The molecule has 0 amide bonds. The predicted octanol–water partition coefficient (Wildman–Crippen LogP) is 3.32. The summed E-state index contributed by atoms with van der Waals surface area (Å²) in [5.41, 5.74) is 2.04. The van der Waals surface area contributed by atoms with Crippen LogP contribution >= 0.6 is 11.3 Å². The van der Waals surface area contributed by atoms with Gasteiger partial charge in [-0.2, -0.15) is 0 Å². The van der Waals surface area contributed by atoms with Gasteiger partial charge in [-0.15, -0.1) is 11.3 Å². The number of rotatable bonds is 4. The van der Waals surface area contributed by atoms with E-state index in [1.54, 1.807) is 34.1 Å². The van der Waals surface area contributed by atoms with Crippen molar-refractivity contribution in [3.8, 4) is 0 Å². The standard InChI is InChI=1S/C15H15N3O2S/c1-9-7-11(21-10(9)2)8-16-14-13(15(19)20)18-6-4-3-5-12(18)17-14/h3-7,16H,8H2,1-2H3,(H,19,20). The van der Waals surface area contributed by atoms with E-state index in [-0.39, 0.29) is 5.69 Å². The molecular formula is C15H15N3O2S. The fraction of sp³-hybridized carbons (Fsp3) is 0.200. The maximum Gasteiger partial charge on any atom is 0.356 e. The van der Waals surface area contributed by atoms with Crippen LogP contribution in [0.3, 0.4) is 0 Å². The number of aromatic carboxylic acids is 1. The van der Waals surface area contributed by atoms with Gasteiger partial charge in [0.2, 0.25) is 0 Å². The topological polar surface area (TPSA) is 66.6 Å². The van der Waals surface area contributed by atoms with Crippen molar-refractivity contribution >= 4 is 28.8 Å². The number of carbonyl (C=O) groups is 1. The van der Waals surface area contributed by atoms with Crippen molar-refractivity contribution in [3.05, 3.63) is 51.5 Å². The second-order valence-corrected chi connectivity index (χ2v) is 6.19. The molecule has 5 nitrogen and oxygen atoms in total. The molecule has 3 aromatic rings. The molecule has 0 aliphatic rings. The fourth-order valence-electron chi connectivity index (χ4n) is 2.23. The highest BCUT2D eigenvalue weighted by Gasteiger charge is 2.18. The SMILES string of the molecule is Cc1cc(CNc2nc3ccccn3c2C(=O)O)sc1C. The van der Waals surface area contributed by atoms with E-state index in [0.29, 0.717) is 18.0 Å². The van der Waals surface area contributed by atoms with E-state index in [1.165, 1.54) is 15.3 Å². The molecule has 0 saturated carbocycles. The number of fused-ring (bicyclic) bond motifs is 1. The third kappa shape index (κ3) is 2.50. The zero-order valence-electron chi connectivity index (χ0n) is 11.8. The van der Waals surface area contributed by atoms with Gasteiger partial charge < -0.3 is 10.4 Å². The summed E-state index contributed by atoms with van der Waals surface area (Å²) < 4.78 is 1.58. The number of nitrogens with zero attached hydrogens (tertiary/aromatic N) is 2. The summed E-state index contributed by atoms with van der Waals surface area (Å²) in [5, 5.41) is 12.5. The van der Waals surface area contributed by atoms with E-state index in [2.05, 4.69) is 30.2 Å². The van der Waals surface area contributed by atoms with Crippen molar-refractivity contribution in [2.75, 3.05) is 5.32 Å². The number of aromatic nitrogens is 2. The summed E-state index contributed by atoms with van der Waals surface area (Å²) in [5.74, 6) is -0.591. The zero-order valence-corrected chi connectivity index (χ0v) is 12.6. The van der Waals surface area contributed by atoms with E-state index in [9.17, 15) is 9.90 Å². The Balaban J connectivity index is 1.93.